The number of esters is 1. The van der Waals surface area contributed by atoms with E-state index in [4.69, 9.17) is 0 Å². The molecule has 0 unspecified atom stereocenters. The number of benzene rings is 1. The maximum absolute atomic E-state index is 12.3. The number of methoxy groups -OCH3 is 1. The zero-order chi connectivity index (χ0) is 20.2. The molecule has 0 atom stereocenters. The minimum Gasteiger partial charge on any atom is -0.464 e. The third-order valence-corrected chi connectivity index (χ3v) is 5.64. The number of sulfonamides is 1. The van der Waals surface area contributed by atoms with Crippen molar-refractivity contribution in [1.82, 2.24) is 9.29 Å². The first-order valence-corrected chi connectivity index (χ1v) is 9.74. The van der Waals surface area contributed by atoms with E-state index in [1.54, 1.807) is 13.1 Å². The van der Waals surface area contributed by atoms with Crippen LogP contribution in [-0.2, 0) is 26.6 Å². The highest BCUT2D eigenvalue weighted by atomic mass is 32.2. The lowest BCUT2D eigenvalue weighted by molar-refractivity contribution is -0.116. The smallest absolute Gasteiger partial charge is 0.354 e. The Balaban J connectivity index is 1.96. The molecule has 0 fully saturated rings. The summed E-state index contributed by atoms with van der Waals surface area (Å²) >= 11 is 0. The summed E-state index contributed by atoms with van der Waals surface area (Å²) in [4.78, 5) is 23.6. The van der Waals surface area contributed by atoms with Crippen molar-refractivity contribution in [1.29, 1.82) is 0 Å². The highest BCUT2D eigenvalue weighted by Gasteiger charge is 2.21. The first-order valence-electron chi connectivity index (χ1n) is 8.26. The number of nitrogens with zero attached hydrogens (tertiary/aromatic N) is 1. The normalized spacial score (nSPS) is 11.3. The van der Waals surface area contributed by atoms with Gasteiger partial charge in [0.1, 0.15) is 10.6 Å². The Morgan fingerprint density at radius 2 is 1.93 bits per heavy atom. The first-order chi connectivity index (χ1) is 12.7. The lowest BCUT2D eigenvalue weighted by Gasteiger charge is -2.10. The summed E-state index contributed by atoms with van der Waals surface area (Å²) in [6.45, 7) is 3.78. The van der Waals surface area contributed by atoms with E-state index >= 15 is 0 Å². The second-order valence-electron chi connectivity index (χ2n) is 6.11. The molecule has 2 rings (SSSR count). The number of amides is 1. The molecule has 1 heterocycles. The Hall–Kier alpha value is -2.65. The molecular weight excluding hydrogens is 370 g/mol. The monoisotopic (exact) mass is 393 g/mol. The molecule has 9 heteroatoms. The van der Waals surface area contributed by atoms with Crippen molar-refractivity contribution in [3.63, 3.8) is 0 Å². The van der Waals surface area contributed by atoms with Crippen molar-refractivity contribution >= 4 is 27.6 Å². The Kier molecular flexibility index (Phi) is 6.40. The molecule has 1 amide bonds. The van der Waals surface area contributed by atoms with Crippen molar-refractivity contribution in [2.45, 2.75) is 25.2 Å². The largest absolute Gasteiger partial charge is 0.464 e. The van der Waals surface area contributed by atoms with Crippen LogP contribution in [0.25, 0.3) is 0 Å². The van der Waals surface area contributed by atoms with Gasteiger partial charge in [0.15, 0.2) is 0 Å². The van der Waals surface area contributed by atoms with Crippen LogP contribution < -0.4 is 10.0 Å². The number of aromatic nitrogens is 1. The van der Waals surface area contributed by atoms with E-state index in [0.29, 0.717) is 5.69 Å². The van der Waals surface area contributed by atoms with Crippen LogP contribution in [0, 0.1) is 13.8 Å². The van der Waals surface area contributed by atoms with Gasteiger partial charge in [0.2, 0.25) is 15.9 Å². The molecule has 0 aliphatic heterocycles. The fraction of sp³-hybridized carbons (Fsp3) is 0.333. The molecule has 8 nitrogen and oxygen atoms in total. The van der Waals surface area contributed by atoms with Crippen LogP contribution in [0.2, 0.25) is 0 Å². The fourth-order valence-corrected chi connectivity index (χ4v) is 3.57. The highest BCUT2D eigenvalue weighted by Crippen LogP contribution is 2.18. The van der Waals surface area contributed by atoms with Crippen LogP contribution in [0.4, 0.5) is 5.69 Å². The van der Waals surface area contributed by atoms with E-state index < -0.39 is 16.0 Å². The van der Waals surface area contributed by atoms with Crippen LogP contribution in [0.15, 0.2) is 35.4 Å². The van der Waals surface area contributed by atoms with Crippen molar-refractivity contribution in [2.24, 2.45) is 7.05 Å². The summed E-state index contributed by atoms with van der Waals surface area (Å²) in [6, 6.07) is 6.81. The van der Waals surface area contributed by atoms with Gasteiger partial charge in [0, 0.05) is 31.9 Å². The third kappa shape index (κ3) is 4.95. The number of anilines is 1. The van der Waals surface area contributed by atoms with Crippen LogP contribution in [-0.4, -0.2) is 38.5 Å². The van der Waals surface area contributed by atoms with Gasteiger partial charge in [-0.1, -0.05) is 12.1 Å². The summed E-state index contributed by atoms with van der Waals surface area (Å²) in [5.74, 6) is -0.929. The number of carbonyl (C=O) groups excluding carboxylic acids is 2. The standard InChI is InChI=1S/C18H23N3O5S/c1-12-6-5-7-15(13(12)2)20-17(22)8-9-19-27(24,25)14-10-16(18(23)26-4)21(3)11-14/h5-7,10-11,19H,8-9H2,1-4H3,(H,20,22). The number of nitrogens with one attached hydrogen (secondary N) is 2. The summed E-state index contributed by atoms with van der Waals surface area (Å²) in [5, 5.41) is 2.77. The van der Waals surface area contributed by atoms with Crippen LogP contribution in [0.1, 0.15) is 28.0 Å². The maximum Gasteiger partial charge on any atom is 0.354 e. The molecule has 27 heavy (non-hydrogen) atoms. The van der Waals surface area contributed by atoms with Crippen molar-refractivity contribution < 1.29 is 22.7 Å². The fourth-order valence-electron chi connectivity index (χ4n) is 2.47. The number of hydrogen-bond donors (Lipinski definition) is 2. The van der Waals surface area contributed by atoms with Crippen molar-refractivity contribution in [2.75, 3.05) is 19.0 Å². The average molecular weight is 393 g/mol. The number of rotatable bonds is 7. The Morgan fingerprint density at radius 3 is 2.59 bits per heavy atom. The molecule has 0 saturated heterocycles. The van der Waals surface area contributed by atoms with E-state index in [-0.39, 0.29) is 29.5 Å². The average Bonchev–Trinajstić information content (AvgIpc) is 3.01. The van der Waals surface area contributed by atoms with Crippen LogP contribution in [0.5, 0.6) is 0 Å². The molecule has 0 radical (unpaired) electrons. The Morgan fingerprint density at radius 1 is 1.22 bits per heavy atom. The van der Waals surface area contributed by atoms with Gasteiger partial charge in [0.25, 0.3) is 0 Å². The van der Waals surface area contributed by atoms with Gasteiger partial charge in [-0.25, -0.2) is 17.9 Å². The molecule has 1 aromatic carbocycles. The van der Waals surface area contributed by atoms with Gasteiger partial charge in [0.05, 0.1) is 7.11 Å². The van der Waals surface area contributed by atoms with Gasteiger partial charge >= 0.3 is 5.97 Å². The van der Waals surface area contributed by atoms with Crippen LogP contribution >= 0.6 is 0 Å². The second-order valence-corrected chi connectivity index (χ2v) is 7.87. The number of aryl methyl sites for hydroxylation is 2. The van der Waals surface area contributed by atoms with E-state index in [1.165, 1.54) is 23.9 Å². The quantitative estimate of drug-likeness (QED) is 0.697. The summed E-state index contributed by atoms with van der Waals surface area (Å²) in [6.07, 6.45) is 1.29. The molecule has 1 aromatic heterocycles. The number of ether oxygens (including phenoxy) is 1. The second kappa shape index (κ2) is 8.36. The summed E-state index contributed by atoms with van der Waals surface area (Å²) in [5.41, 5.74) is 2.84. The highest BCUT2D eigenvalue weighted by molar-refractivity contribution is 7.89. The van der Waals surface area contributed by atoms with Gasteiger partial charge < -0.3 is 14.6 Å². The van der Waals surface area contributed by atoms with Crippen LogP contribution in [0.3, 0.4) is 0 Å². The lowest BCUT2D eigenvalue weighted by Crippen LogP contribution is -2.27. The Bertz CT molecular complexity index is 963. The van der Waals surface area contributed by atoms with E-state index in [0.717, 1.165) is 11.1 Å². The topological polar surface area (TPSA) is 106 Å². The molecule has 2 aromatic rings. The molecule has 0 bridgehead atoms. The van der Waals surface area contributed by atoms with E-state index in [9.17, 15) is 18.0 Å². The SMILES string of the molecule is COC(=O)c1cc(S(=O)(=O)NCCC(=O)Nc2cccc(C)c2C)cn1C. The number of carbonyl (C=O) groups is 2. The Labute approximate surface area is 158 Å². The van der Waals surface area contributed by atoms with E-state index in [2.05, 4.69) is 14.8 Å². The summed E-state index contributed by atoms with van der Waals surface area (Å²) in [7, 11) is -1.08. The first kappa shape index (κ1) is 20.7. The predicted molar refractivity (Wildman–Crippen MR) is 101 cm³/mol. The van der Waals surface area contributed by atoms with E-state index in [1.807, 2.05) is 26.0 Å². The summed E-state index contributed by atoms with van der Waals surface area (Å²) < 4.78 is 33.0. The molecule has 0 saturated carbocycles. The zero-order valence-corrected chi connectivity index (χ0v) is 16.5. The van der Waals surface area contributed by atoms with Gasteiger partial charge in [-0.15, -0.1) is 0 Å². The molecule has 0 aliphatic carbocycles. The van der Waals surface area contributed by atoms with Gasteiger partial charge in [-0.05, 0) is 37.1 Å². The maximum atomic E-state index is 12.3. The predicted octanol–water partition coefficient (Wildman–Crippen LogP) is 1.74. The molecule has 146 valence electrons. The molecule has 2 N–H and O–H groups in total. The minimum absolute atomic E-state index is 0.0245. The number of hydrogen-bond acceptors (Lipinski definition) is 5. The molecular formula is C18H23N3O5S. The van der Waals surface area contributed by atoms with Crippen molar-refractivity contribution in [3.05, 3.63) is 47.3 Å². The minimum atomic E-state index is -3.85. The molecule has 0 aliphatic rings. The van der Waals surface area contributed by atoms with Crippen molar-refractivity contribution in [3.8, 4) is 0 Å². The third-order valence-electron chi connectivity index (χ3n) is 4.21. The van der Waals surface area contributed by atoms with Gasteiger partial charge in [-0.2, -0.15) is 0 Å². The molecule has 0 spiro atoms. The lowest BCUT2D eigenvalue weighted by atomic mass is 10.1. The van der Waals surface area contributed by atoms with Gasteiger partial charge in [-0.3, -0.25) is 4.79 Å². The zero-order valence-electron chi connectivity index (χ0n) is 15.7.